The average molecular weight is 419 g/mol. The first-order valence-corrected chi connectivity index (χ1v) is 10.9. The number of hydrogen-bond donors (Lipinski definition) is 1. The Kier molecular flexibility index (Phi) is 8.09. The Morgan fingerprint density at radius 3 is 2.66 bits per heavy atom. The van der Waals surface area contributed by atoms with Gasteiger partial charge in [-0.2, -0.15) is 5.10 Å². The summed E-state index contributed by atoms with van der Waals surface area (Å²) in [6.07, 6.45) is 5.60. The molecule has 1 aromatic carbocycles. The SMILES string of the molecule is CCC(CC)C(CNC(=O)c1cnn(Cc2ccccc2Cl)c1)N1CCOCC1. The molecule has 2 heterocycles. The van der Waals surface area contributed by atoms with Gasteiger partial charge in [0, 0.05) is 36.9 Å². The number of carbonyl (C=O) groups excluding carboxylic acids is 1. The van der Waals surface area contributed by atoms with Crippen LogP contribution in [0, 0.1) is 5.92 Å². The van der Waals surface area contributed by atoms with Crippen LogP contribution in [0.25, 0.3) is 0 Å². The summed E-state index contributed by atoms with van der Waals surface area (Å²) in [5, 5.41) is 8.16. The highest BCUT2D eigenvalue weighted by Crippen LogP contribution is 2.20. The highest BCUT2D eigenvalue weighted by molar-refractivity contribution is 6.31. The van der Waals surface area contributed by atoms with Crippen LogP contribution in [0.4, 0.5) is 0 Å². The molecule has 0 spiro atoms. The molecular formula is C22H31ClN4O2. The van der Waals surface area contributed by atoms with E-state index < -0.39 is 0 Å². The number of nitrogens with zero attached hydrogens (tertiary/aromatic N) is 3. The number of nitrogens with one attached hydrogen (secondary N) is 1. The van der Waals surface area contributed by atoms with Crippen LogP contribution < -0.4 is 5.32 Å². The van der Waals surface area contributed by atoms with E-state index in [1.54, 1.807) is 17.1 Å². The van der Waals surface area contributed by atoms with Crippen LogP contribution >= 0.6 is 11.6 Å². The van der Waals surface area contributed by atoms with Gasteiger partial charge in [0.25, 0.3) is 5.91 Å². The van der Waals surface area contributed by atoms with Crippen LogP contribution in [-0.4, -0.2) is 59.5 Å². The number of hydrogen-bond acceptors (Lipinski definition) is 4. The number of amides is 1. The Bertz CT molecular complexity index is 785. The summed E-state index contributed by atoms with van der Waals surface area (Å²) >= 11 is 6.22. The van der Waals surface area contributed by atoms with E-state index in [4.69, 9.17) is 16.3 Å². The summed E-state index contributed by atoms with van der Waals surface area (Å²) in [7, 11) is 0. The molecule has 0 aliphatic carbocycles. The van der Waals surface area contributed by atoms with Crippen molar-refractivity contribution >= 4 is 17.5 Å². The third-order valence-electron chi connectivity index (χ3n) is 5.76. The molecule has 6 nitrogen and oxygen atoms in total. The first-order valence-electron chi connectivity index (χ1n) is 10.5. The predicted molar refractivity (Wildman–Crippen MR) is 115 cm³/mol. The summed E-state index contributed by atoms with van der Waals surface area (Å²) in [6.45, 7) is 9.00. The molecule has 158 valence electrons. The zero-order valence-electron chi connectivity index (χ0n) is 17.3. The zero-order valence-corrected chi connectivity index (χ0v) is 18.1. The maximum absolute atomic E-state index is 12.7. The fourth-order valence-corrected chi connectivity index (χ4v) is 4.20. The maximum Gasteiger partial charge on any atom is 0.254 e. The summed E-state index contributed by atoms with van der Waals surface area (Å²) < 4.78 is 7.25. The molecule has 1 amide bonds. The van der Waals surface area contributed by atoms with E-state index in [0.29, 0.717) is 35.6 Å². The molecule has 1 fully saturated rings. The molecule has 0 bridgehead atoms. The lowest BCUT2D eigenvalue weighted by Gasteiger charge is -2.38. The van der Waals surface area contributed by atoms with Crippen molar-refractivity contribution in [1.82, 2.24) is 20.0 Å². The lowest BCUT2D eigenvalue weighted by Crippen LogP contribution is -2.52. The Morgan fingerprint density at radius 1 is 1.24 bits per heavy atom. The van der Waals surface area contributed by atoms with Gasteiger partial charge in [-0.05, 0) is 17.5 Å². The molecule has 1 atom stereocenters. The summed E-state index contributed by atoms with van der Waals surface area (Å²) in [6, 6.07) is 8.00. The molecule has 1 aliphatic rings. The van der Waals surface area contributed by atoms with Gasteiger partial charge in [0.05, 0.1) is 31.5 Å². The van der Waals surface area contributed by atoms with Crippen molar-refractivity contribution in [2.45, 2.75) is 39.3 Å². The van der Waals surface area contributed by atoms with Gasteiger partial charge in [-0.1, -0.05) is 56.5 Å². The number of benzene rings is 1. The largest absolute Gasteiger partial charge is 0.379 e. The number of rotatable bonds is 9. The van der Waals surface area contributed by atoms with Gasteiger partial charge in [-0.15, -0.1) is 0 Å². The zero-order chi connectivity index (χ0) is 20.6. The lowest BCUT2D eigenvalue weighted by atomic mass is 9.92. The van der Waals surface area contributed by atoms with Crippen LogP contribution in [0.15, 0.2) is 36.7 Å². The number of aromatic nitrogens is 2. The lowest BCUT2D eigenvalue weighted by molar-refractivity contribution is 0.00191. The van der Waals surface area contributed by atoms with Gasteiger partial charge >= 0.3 is 0 Å². The summed E-state index contributed by atoms with van der Waals surface area (Å²) in [4.78, 5) is 15.2. The third kappa shape index (κ3) is 5.81. The van der Waals surface area contributed by atoms with Crippen LogP contribution in [0.1, 0.15) is 42.6 Å². The van der Waals surface area contributed by atoms with Crippen molar-refractivity contribution < 1.29 is 9.53 Å². The molecule has 2 aromatic rings. The Balaban J connectivity index is 1.61. The third-order valence-corrected chi connectivity index (χ3v) is 6.13. The second-order valence-electron chi connectivity index (χ2n) is 7.52. The van der Waals surface area contributed by atoms with Crippen molar-refractivity contribution in [2.75, 3.05) is 32.8 Å². The van der Waals surface area contributed by atoms with Crippen LogP contribution in [0.5, 0.6) is 0 Å². The van der Waals surface area contributed by atoms with Crippen LogP contribution in [0.2, 0.25) is 5.02 Å². The molecule has 1 unspecified atom stereocenters. The summed E-state index contributed by atoms with van der Waals surface area (Å²) in [5.74, 6) is 0.468. The molecule has 7 heteroatoms. The molecule has 29 heavy (non-hydrogen) atoms. The van der Waals surface area contributed by atoms with Gasteiger partial charge in [0.2, 0.25) is 0 Å². The number of ether oxygens (including phenoxy) is 1. The predicted octanol–water partition coefficient (Wildman–Crippen LogP) is 3.45. The van der Waals surface area contributed by atoms with Gasteiger partial charge < -0.3 is 10.1 Å². The summed E-state index contributed by atoms with van der Waals surface area (Å²) in [5.41, 5.74) is 1.55. The fourth-order valence-electron chi connectivity index (χ4n) is 4.00. The molecule has 0 saturated carbocycles. The standard InChI is InChI=1S/C22H31ClN4O2/c1-3-17(4-2)21(26-9-11-29-12-10-26)14-24-22(28)19-13-25-27(16-19)15-18-7-5-6-8-20(18)23/h5-8,13,16-17,21H,3-4,9-12,14-15H2,1-2H3,(H,24,28). The Morgan fingerprint density at radius 2 is 1.97 bits per heavy atom. The molecule has 3 rings (SSSR count). The van der Waals surface area contributed by atoms with Gasteiger partial charge in [-0.25, -0.2) is 0 Å². The monoisotopic (exact) mass is 418 g/mol. The molecule has 1 aliphatic heterocycles. The van der Waals surface area contributed by atoms with Crippen LogP contribution in [0.3, 0.4) is 0 Å². The van der Waals surface area contributed by atoms with Crippen LogP contribution in [-0.2, 0) is 11.3 Å². The van der Waals surface area contributed by atoms with Crippen molar-refractivity contribution in [2.24, 2.45) is 5.92 Å². The van der Waals surface area contributed by atoms with Crippen molar-refractivity contribution in [3.05, 3.63) is 52.8 Å². The van der Waals surface area contributed by atoms with E-state index in [-0.39, 0.29) is 5.91 Å². The van der Waals surface area contributed by atoms with E-state index in [9.17, 15) is 4.79 Å². The smallest absolute Gasteiger partial charge is 0.254 e. The first kappa shape index (κ1) is 21.8. The fraction of sp³-hybridized carbons (Fsp3) is 0.545. The topological polar surface area (TPSA) is 59.4 Å². The molecule has 1 aromatic heterocycles. The van der Waals surface area contributed by atoms with Crippen molar-refractivity contribution in [1.29, 1.82) is 0 Å². The van der Waals surface area contributed by atoms with Gasteiger partial charge in [-0.3, -0.25) is 14.4 Å². The van der Waals surface area contributed by atoms with Gasteiger partial charge in [0.1, 0.15) is 0 Å². The number of carbonyl (C=O) groups is 1. The Hall–Kier alpha value is -1.89. The second-order valence-corrected chi connectivity index (χ2v) is 7.93. The highest BCUT2D eigenvalue weighted by Gasteiger charge is 2.27. The van der Waals surface area contributed by atoms with E-state index >= 15 is 0 Å². The molecule has 1 saturated heterocycles. The van der Waals surface area contributed by atoms with E-state index in [2.05, 4.69) is 29.2 Å². The minimum atomic E-state index is -0.0837. The quantitative estimate of drug-likeness (QED) is 0.677. The molecular weight excluding hydrogens is 388 g/mol. The Labute approximate surface area is 178 Å². The normalized spacial score (nSPS) is 16.1. The second kappa shape index (κ2) is 10.8. The first-order chi connectivity index (χ1) is 14.1. The minimum Gasteiger partial charge on any atom is -0.379 e. The number of halogens is 1. The van der Waals surface area contributed by atoms with Crippen molar-refractivity contribution in [3.8, 4) is 0 Å². The van der Waals surface area contributed by atoms with Gasteiger partial charge in [0.15, 0.2) is 0 Å². The van der Waals surface area contributed by atoms with Crippen molar-refractivity contribution in [3.63, 3.8) is 0 Å². The molecule has 0 radical (unpaired) electrons. The van der Waals surface area contributed by atoms with E-state index in [1.165, 1.54) is 0 Å². The molecule has 1 N–H and O–H groups in total. The van der Waals surface area contributed by atoms with E-state index in [0.717, 1.165) is 44.7 Å². The van der Waals surface area contributed by atoms with E-state index in [1.807, 2.05) is 24.3 Å². The average Bonchev–Trinajstić information content (AvgIpc) is 3.22. The minimum absolute atomic E-state index is 0.0837. The number of morpholine rings is 1. The maximum atomic E-state index is 12.7. The highest BCUT2D eigenvalue weighted by atomic mass is 35.5.